The number of ether oxygens (including phenoxy) is 2. The summed E-state index contributed by atoms with van der Waals surface area (Å²) in [5.74, 6) is 0.725. The van der Waals surface area contributed by atoms with Crippen LogP contribution in [0.15, 0.2) is 41.7 Å². The molecule has 0 saturated heterocycles. The fourth-order valence-electron chi connectivity index (χ4n) is 2.68. The lowest BCUT2D eigenvalue weighted by Gasteiger charge is -2.34. The first-order valence-corrected chi connectivity index (χ1v) is 6.39. The van der Waals surface area contributed by atoms with E-state index < -0.39 is 0 Å². The Labute approximate surface area is 106 Å². The average Bonchev–Trinajstić information content (AvgIpc) is 2.44. The number of hydrogen-bond donors (Lipinski definition) is 0. The molecule has 3 nitrogen and oxygen atoms in total. The van der Waals surface area contributed by atoms with Gasteiger partial charge in [0.1, 0.15) is 11.9 Å². The standard InChI is InChI=1S/C15H16O3/c1-10-13(11-6-3-2-4-7-11)18-15(16)12-8-5-9-17-14(10)12/h2-4,6-7,10,13H,5,8-9H2,1H3/t10-,13+/m0/s1. The minimum absolute atomic E-state index is 0.0976. The summed E-state index contributed by atoms with van der Waals surface area (Å²) < 4.78 is 11.3. The van der Waals surface area contributed by atoms with Gasteiger partial charge in [-0.3, -0.25) is 0 Å². The van der Waals surface area contributed by atoms with Gasteiger partial charge in [0.25, 0.3) is 0 Å². The molecular weight excluding hydrogens is 228 g/mol. The molecule has 0 bridgehead atoms. The molecule has 0 radical (unpaired) electrons. The minimum atomic E-state index is -0.226. The molecule has 0 N–H and O–H groups in total. The summed E-state index contributed by atoms with van der Waals surface area (Å²) in [6.07, 6.45) is 1.45. The van der Waals surface area contributed by atoms with Crippen molar-refractivity contribution in [3.05, 3.63) is 47.2 Å². The quantitative estimate of drug-likeness (QED) is 0.712. The van der Waals surface area contributed by atoms with Crippen LogP contribution in [0, 0.1) is 5.92 Å². The molecular formula is C15H16O3. The number of hydrogen-bond acceptors (Lipinski definition) is 3. The Hall–Kier alpha value is -1.77. The monoisotopic (exact) mass is 244 g/mol. The second kappa shape index (κ2) is 4.48. The minimum Gasteiger partial charge on any atom is -0.497 e. The maximum Gasteiger partial charge on any atom is 0.338 e. The van der Waals surface area contributed by atoms with Crippen LogP contribution in [0.1, 0.15) is 31.4 Å². The van der Waals surface area contributed by atoms with E-state index in [2.05, 4.69) is 6.92 Å². The van der Waals surface area contributed by atoms with Gasteiger partial charge < -0.3 is 9.47 Å². The number of rotatable bonds is 1. The first-order chi connectivity index (χ1) is 8.77. The van der Waals surface area contributed by atoms with Gasteiger partial charge in [-0.2, -0.15) is 0 Å². The Kier molecular flexibility index (Phi) is 2.82. The van der Waals surface area contributed by atoms with E-state index in [1.165, 1.54) is 0 Å². The topological polar surface area (TPSA) is 35.5 Å². The fraction of sp³-hybridized carbons (Fsp3) is 0.400. The molecule has 0 amide bonds. The lowest BCUT2D eigenvalue weighted by atomic mass is 9.88. The molecule has 2 aliphatic heterocycles. The maximum absolute atomic E-state index is 12.0. The van der Waals surface area contributed by atoms with Gasteiger partial charge >= 0.3 is 5.97 Å². The lowest BCUT2D eigenvalue weighted by Crippen LogP contribution is -2.31. The largest absolute Gasteiger partial charge is 0.497 e. The third-order valence-corrected chi connectivity index (χ3v) is 3.60. The Morgan fingerprint density at radius 1 is 1.22 bits per heavy atom. The molecule has 2 atom stereocenters. The van der Waals surface area contributed by atoms with Gasteiger partial charge in [-0.05, 0) is 18.4 Å². The van der Waals surface area contributed by atoms with Crippen molar-refractivity contribution in [1.29, 1.82) is 0 Å². The molecule has 0 spiro atoms. The maximum atomic E-state index is 12.0. The summed E-state index contributed by atoms with van der Waals surface area (Å²) in [6.45, 7) is 2.77. The van der Waals surface area contributed by atoms with Crippen molar-refractivity contribution in [3.8, 4) is 0 Å². The molecule has 0 fully saturated rings. The highest BCUT2D eigenvalue weighted by Crippen LogP contribution is 2.40. The zero-order valence-corrected chi connectivity index (χ0v) is 10.4. The zero-order valence-electron chi connectivity index (χ0n) is 10.4. The second-order valence-corrected chi connectivity index (χ2v) is 4.82. The second-order valence-electron chi connectivity index (χ2n) is 4.82. The average molecular weight is 244 g/mol. The molecule has 0 unspecified atom stereocenters. The molecule has 2 aliphatic rings. The highest BCUT2D eigenvalue weighted by Gasteiger charge is 2.38. The van der Waals surface area contributed by atoms with Crippen LogP contribution >= 0.6 is 0 Å². The van der Waals surface area contributed by atoms with Crippen molar-refractivity contribution < 1.29 is 14.3 Å². The van der Waals surface area contributed by atoms with Gasteiger partial charge in [0, 0.05) is 0 Å². The van der Waals surface area contributed by atoms with Crippen molar-refractivity contribution >= 4 is 5.97 Å². The van der Waals surface area contributed by atoms with Crippen LogP contribution in [-0.2, 0) is 14.3 Å². The van der Waals surface area contributed by atoms with Crippen LogP contribution in [0.4, 0.5) is 0 Å². The summed E-state index contributed by atoms with van der Waals surface area (Å²) in [6, 6.07) is 9.86. The molecule has 3 rings (SSSR count). The van der Waals surface area contributed by atoms with Gasteiger partial charge in [0.15, 0.2) is 0 Å². The highest BCUT2D eigenvalue weighted by atomic mass is 16.6. The van der Waals surface area contributed by atoms with Gasteiger partial charge in [0.05, 0.1) is 18.1 Å². The summed E-state index contributed by atoms with van der Waals surface area (Å²) in [4.78, 5) is 12.0. The summed E-state index contributed by atoms with van der Waals surface area (Å²) in [5.41, 5.74) is 1.76. The van der Waals surface area contributed by atoms with Crippen molar-refractivity contribution in [2.45, 2.75) is 25.9 Å². The molecule has 1 aromatic carbocycles. The van der Waals surface area contributed by atoms with Crippen molar-refractivity contribution in [1.82, 2.24) is 0 Å². The van der Waals surface area contributed by atoms with Crippen LogP contribution in [0.2, 0.25) is 0 Å². The first kappa shape index (κ1) is 11.3. The Morgan fingerprint density at radius 2 is 2.00 bits per heavy atom. The van der Waals surface area contributed by atoms with E-state index in [1.807, 2.05) is 30.3 Å². The fourth-order valence-corrected chi connectivity index (χ4v) is 2.68. The number of esters is 1. The summed E-state index contributed by atoms with van der Waals surface area (Å²) >= 11 is 0. The number of carbonyl (C=O) groups excluding carboxylic acids is 1. The molecule has 1 aromatic rings. The molecule has 0 aliphatic carbocycles. The predicted octanol–water partition coefficient (Wildman–Crippen LogP) is 2.99. The van der Waals surface area contributed by atoms with Crippen LogP contribution in [0.25, 0.3) is 0 Å². The van der Waals surface area contributed by atoms with E-state index in [0.29, 0.717) is 6.61 Å². The number of cyclic esters (lactones) is 1. The predicted molar refractivity (Wildman–Crippen MR) is 66.7 cm³/mol. The first-order valence-electron chi connectivity index (χ1n) is 6.39. The Balaban J connectivity index is 1.97. The van der Waals surface area contributed by atoms with Gasteiger partial charge in [0.2, 0.25) is 0 Å². The van der Waals surface area contributed by atoms with E-state index >= 15 is 0 Å². The summed E-state index contributed by atoms with van der Waals surface area (Å²) in [7, 11) is 0. The van der Waals surface area contributed by atoms with Crippen LogP contribution in [-0.4, -0.2) is 12.6 Å². The molecule has 3 heteroatoms. The normalized spacial score (nSPS) is 27.3. The highest BCUT2D eigenvalue weighted by molar-refractivity contribution is 5.90. The smallest absolute Gasteiger partial charge is 0.338 e. The Morgan fingerprint density at radius 3 is 2.78 bits per heavy atom. The van der Waals surface area contributed by atoms with Gasteiger partial charge in [-0.15, -0.1) is 0 Å². The van der Waals surface area contributed by atoms with Crippen LogP contribution < -0.4 is 0 Å². The molecule has 94 valence electrons. The van der Waals surface area contributed by atoms with E-state index in [0.717, 1.165) is 29.7 Å². The van der Waals surface area contributed by atoms with Gasteiger partial charge in [-0.25, -0.2) is 4.79 Å². The van der Waals surface area contributed by atoms with Gasteiger partial charge in [-0.1, -0.05) is 37.3 Å². The zero-order chi connectivity index (χ0) is 12.5. The third-order valence-electron chi connectivity index (χ3n) is 3.60. The van der Waals surface area contributed by atoms with Crippen LogP contribution in [0.5, 0.6) is 0 Å². The molecule has 0 saturated carbocycles. The van der Waals surface area contributed by atoms with Crippen molar-refractivity contribution in [2.24, 2.45) is 5.92 Å². The number of carbonyl (C=O) groups is 1. The van der Waals surface area contributed by atoms with E-state index in [-0.39, 0.29) is 18.0 Å². The molecule has 18 heavy (non-hydrogen) atoms. The molecule has 2 heterocycles. The van der Waals surface area contributed by atoms with E-state index in [4.69, 9.17) is 9.47 Å². The van der Waals surface area contributed by atoms with Crippen molar-refractivity contribution in [3.63, 3.8) is 0 Å². The van der Waals surface area contributed by atoms with Crippen molar-refractivity contribution in [2.75, 3.05) is 6.61 Å². The van der Waals surface area contributed by atoms with E-state index in [1.54, 1.807) is 0 Å². The SMILES string of the molecule is C[C@@H]1C2=C(CCCO2)C(=O)O[C@H]1c1ccccc1. The third kappa shape index (κ3) is 1.80. The number of benzene rings is 1. The summed E-state index contributed by atoms with van der Waals surface area (Å²) in [5, 5.41) is 0. The Bertz CT molecular complexity index is 490. The van der Waals surface area contributed by atoms with Crippen LogP contribution in [0.3, 0.4) is 0 Å². The lowest BCUT2D eigenvalue weighted by molar-refractivity contribution is -0.151. The molecule has 0 aromatic heterocycles. The van der Waals surface area contributed by atoms with E-state index in [9.17, 15) is 4.79 Å².